The van der Waals surface area contributed by atoms with E-state index in [1.807, 2.05) is 42.5 Å². The Labute approximate surface area is 270 Å². The van der Waals surface area contributed by atoms with Crippen LogP contribution in [0.1, 0.15) is 121 Å². The molecule has 250 valence electrons. The van der Waals surface area contributed by atoms with E-state index in [-0.39, 0.29) is 24.7 Å². The highest BCUT2D eigenvalue weighted by molar-refractivity contribution is 7.46. The maximum atomic E-state index is 12.7. The van der Waals surface area contributed by atoms with Crippen molar-refractivity contribution in [2.24, 2.45) is 0 Å². The number of fused-ring (bicyclic) bond motifs is 1. The zero-order valence-corrected chi connectivity index (χ0v) is 28.2. The van der Waals surface area contributed by atoms with Crippen LogP contribution in [0.3, 0.4) is 0 Å². The molecule has 4 N–H and O–H groups in total. The van der Waals surface area contributed by atoms with Crippen molar-refractivity contribution in [3.05, 3.63) is 71.8 Å². The van der Waals surface area contributed by atoms with Gasteiger partial charge in [-0.25, -0.2) is 4.57 Å². The smallest absolute Gasteiger partial charge is 0.469 e. The van der Waals surface area contributed by atoms with Crippen LogP contribution < -0.4 is 15.4 Å². The molecule has 0 saturated carbocycles. The minimum absolute atomic E-state index is 0.132. The minimum Gasteiger partial charge on any atom is -0.470 e. The highest BCUT2D eigenvalue weighted by Crippen LogP contribution is 2.37. The first-order valence-corrected chi connectivity index (χ1v) is 18.5. The van der Waals surface area contributed by atoms with Crippen LogP contribution in [0.2, 0.25) is 0 Å². The van der Waals surface area contributed by atoms with Gasteiger partial charge in [0.25, 0.3) is 0 Å². The molecule has 0 spiro atoms. The average molecular weight is 643 g/mol. The summed E-state index contributed by atoms with van der Waals surface area (Å²) in [7, 11) is -4.66. The van der Waals surface area contributed by atoms with Gasteiger partial charge < -0.3 is 25.2 Å². The fourth-order valence-electron chi connectivity index (χ4n) is 5.73. The van der Waals surface area contributed by atoms with E-state index in [0.717, 1.165) is 43.4 Å². The molecular weight excluding hydrogens is 587 g/mol. The number of amides is 1. The van der Waals surface area contributed by atoms with E-state index in [0.29, 0.717) is 18.6 Å². The number of anilines is 1. The largest absolute Gasteiger partial charge is 0.470 e. The third kappa shape index (κ3) is 15.0. The molecule has 0 aromatic heterocycles. The van der Waals surface area contributed by atoms with Gasteiger partial charge in [-0.15, -0.1) is 0 Å². The molecule has 9 heteroatoms. The van der Waals surface area contributed by atoms with E-state index < -0.39 is 13.9 Å². The summed E-state index contributed by atoms with van der Waals surface area (Å²) in [6.45, 7) is 4.10. The first kappa shape index (κ1) is 36.8. The SMILES string of the molecule is CCCCCCCC/C=C\CCCCCCCC(=O)NC(COP(=O)(O)O)Cc1ccc(OC2Nc3ccccc3C2C)cc1. The van der Waals surface area contributed by atoms with Gasteiger partial charge in [-0.2, -0.15) is 0 Å². The first-order chi connectivity index (χ1) is 21.7. The van der Waals surface area contributed by atoms with Gasteiger partial charge in [0.05, 0.1) is 12.6 Å². The number of phosphoric ester groups is 1. The Morgan fingerprint density at radius 1 is 0.911 bits per heavy atom. The molecule has 1 aliphatic rings. The van der Waals surface area contributed by atoms with Crippen LogP contribution in [0, 0.1) is 0 Å². The van der Waals surface area contributed by atoms with Crippen LogP contribution in [0.25, 0.3) is 0 Å². The zero-order valence-electron chi connectivity index (χ0n) is 27.3. The number of carbonyl (C=O) groups is 1. The fraction of sp³-hybridized carbons (Fsp3) is 0.583. The molecule has 0 radical (unpaired) electrons. The van der Waals surface area contributed by atoms with Gasteiger partial charge in [0, 0.05) is 18.0 Å². The molecule has 1 amide bonds. The van der Waals surface area contributed by atoms with Gasteiger partial charge in [-0.1, -0.05) is 108 Å². The van der Waals surface area contributed by atoms with Gasteiger partial charge in [0.1, 0.15) is 5.75 Å². The number of ether oxygens (including phenoxy) is 1. The summed E-state index contributed by atoms with van der Waals surface area (Å²) in [4.78, 5) is 31.1. The van der Waals surface area contributed by atoms with Crippen molar-refractivity contribution < 1.29 is 28.4 Å². The van der Waals surface area contributed by atoms with E-state index in [2.05, 4.69) is 42.7 Å². The Morgan fingerprint density at radius 2 is 1.53 bits per heavy atom. The van der Waals surface area contributed by atoms with Gasteiger partial charge in [-0.3, -0.25) is 9.32 Å². The summed E-state index contributed by atoms with van der Waals surface area (Å²) in [5, 5.41) is 6.34. The molecule has 1 aliphatic heterocycles. The molecule has 0 fully saturated rings. The second kappa shape index (κ2) is 20.5. The molecule has 0 aliphatic carbocycles. The van der Waals surface area contributed by atoms with Crippen LogP contribution in [0.5, 0.6) is 5.75 Å². The van der Waals surface area contributed by atoms with Gasteiger partial charge in [-0.05, 0) is 67.9 Å². The van der Waals surface area contributed by atoms with Crippen LogP contribution >= 0.6 is 7.82 Å². The normalized spacial score (nSPS) is 16.8. The Balaban J connectivity index is 1.33. The number of benzene rings is 2. The Bertz CT molecular complexity index is 1200. The highest BCUT2D eigenvalue weighted by Gasteiger charge is 2.29. The number of hydrogen-bond donors (Lipinski definition) is 4. The lowest BCUT2D eigenvalue weighted by atomic mass is 10.0. The van der Waals surface area contributed by atoms with Crippen LogP contribution in [0.15, 0.2) is 60.7 Å². The molecule has 3 unspecified atom stereocenters. The molecule has 1 heterocycles. The standard InChI is InChI=1S/C36H55N2O6P/c1-3-4-5-6-7-8-9-10-11-12-13-14-15-16-17-22-35(39)37-31(28-43-45(40,41)42)27-30-23-25-32(26-24-30)44-36-29(2)33-20-18-19-21-34(33)38-36/h10-11,18-21,23-26,29,31,36,38H,3-9,12-17,22,27-28H2,1-2H3,(H,37,39)(H2,40,41,42)/b11-10-. The predicted molar refractivity (Wildman–Crippen MR) is 182 cm³/mol. The maximum Gasteiger partial charge on any atom is 0.469 e. The molecule has 2 aromatic rings. The number of rotatable bonds is 23. The monoisotopic (exact) mass is 642 g/mol. The number of nitrogens with one attached hydrogen (secondary N) is 2. The fourth-order valence-corrected chi connectivity index (χ4v) is 6.10. The van der Waals surface area contributed by atoms with Gasteiger partial charge in [0.15, 0.2) is 6.23 Å². The van der Waals surface area contributed by atoms with Crippen molar-refractivity contribution >= 4 is 19.4 Å². The summed E-state index contributed by atoms with van der Waals surface area (Å²) in [6, 6.07) is 15.2. The molecule has 45 heavy (non-hydrogen) atoms. The lowest BCUT2D eigenvalue weighted by Crippen LogP contribution is -2.39. The minimum atomic E-state index is -4.66. The summed E-state index contributed by atoms with van der Waals surface area (Å²) in [5.74, 6) is 0.784. The average Bonchev–Trinajstić information content (AvgIpc) is 3.33. The van der Waals surface area contributed by atoms with Crippen molar-refractivity contribution in [2.45, 2.75) is 128 Å². The summed E-state index contributed by atoms with van der Waals surface area (Å²) < 4.78 is 22.3. The van der Waals surface area contributed by atoms with Crippen LogP contribution in [-0.2, 0) is 20.3 Å². The second-order valence-corrected chi connectivity index (χ2v) is 13.5. The van der Waals surface area contributed by atoms with Crippen LogP contribution in [0.4, 0.5) is 5.69 Å². The molecule has 3 rings (SSSR count). The third-order valence-corrected chi connectivity index (χ3v) is 8.83. The van der Waals surface area contributed by atoms with Gasteiger partial charge >= 0.3 is 7.82 Å². The van der Waals surface area contributed by atoms with E-state index in [1.54, 1.807) is 0 Å². The first-order valence-electron chi connectivity index (χ1n) is 17.0. The Hall–Kier alpha value is -2.64. The molecule has 3 atom stereocenters. The van der Waals surface area contributed by atoms with Crippen molar-refractivity contribution in [3.63, 3.8) is 0 Å². The topological polar surface area (TPSA) is 117 Å². The lowest BCUT2D eigenvalue weighted by molar-refractivity contribution is -0.122. The Kier molecular flexibility index (Phi) is 16.8. The van der Waals surface area contributed by atoms with Crippen molar-refractivity contribution in [2.75, 3.05) is 11.9 Å². The maximum absolute atomic E-state index is 12.7. The number of phosphoric acid groups is 1. The lowest BCUT2D eigenvalue weighted by Gasteiger charge is -2.21. The van der Waals surface area contributed by atoms with Crippen molar-refractivity contribution in [1.82, 2.24) is 5.32 Å². The summed E-state index contributed by atoms with van der Waals surface area (Å²) >= 11 is 0. The van der Waals surface area contributed by atoms with Crippen molar-refractivity contribution in [3.8, 4) is 5.75 Å². The number of hydrogen-bond acceptors (Lipinski definition) is 5. The number of para-hydroxylation sites is 1. The Morgan fingerprint density at radius 3 is 2.18 bits per heavy atom. The van der Waals surface area contributed by atoms with E-state index in [4.69, 9.17) is 9.26 Å². The highest BCUT2D eigenvalue weighted by atomic mass is 31.2. The van der Waals surface area contributed by atoms with Crippen LogP contribution in [-0.4, -0.2) is 34.6 Å². The zero-order chi connectivity index (χ0) is 32.3. The van der Waals surface area contributed by atoms with Crippen molar-refractivity contribution in [1.29, 1.82) is 0 Å². The molecular formula is C36H55N2O6P. The summed E-state index contributed by atoms with van der Waals surface area (Å²) in [6.07, 6.45) is 20.8. The van der Waals surface area contributed by atoms with E-state index in [9.17, 15) is 19.1 Å². The van der Waals surface area contributed by atoms with E-state index >= 15 is 0 Å². The molecule has 2 aromatic carbocycles. The number of carbonyl (C=O) groups excluding carboxylic acids is 1. The third-order valence-electron chi connectivity index (χ3n) is 8.35. The summed E-state index contributed by atoms with van der Waals surface area (Å²) in [5.41, 5.74) is 3.21. The van der Waals surface area contributed by atoms with Gasteiger partial charge in [0.2, 0.25) is 5.91 Å². The predicted octanol–water partition coefficient (Wildman–Crippen LogP) is 8.79. The molecule has 8 nitrogen and oxygen atoms in total. The number of allylic oxidation sites excluding steroid dienone is 2. The molecule has 0 saturated heterocycles. The quantitative estimate of drug-likeness (QED) is 0.0544. The van der Waals surface area contributed by atoms with E-state index in [1.165, 1.54) is 56.9 Å². The number of unbranched alkanes of at least 4 members (excludes halogenated alkanes) is 11. The second-order valence-electron chi connectivity index (χ2n) is 12.3. The molecule has 0 bridgehead atoms.